The van der Waals surface area contributed by atoms with Gasteiger partial charge in [-0.1, -0.05) is 78.9 Å². The standard InChI is InChI=1S/C40H39F2N5O3/c1-40(2,3)50-39(49)43-31-20-18-29(19-21-31)36-35(26-45(4)23-28-14-9-6-10-15-28)47-37(48)30(22-27-12-7-5-8-13-27)24-46(38(47)44-36)25-32-33(41)16-11-17-34(32)42/h5-21,24H,22-23,25-26H2,1-4H3,(H,43,49). The summed E-state index contributed by atoms with van der Waals surface area (Å²) in [5.41, 5.74) is 3.79. The van der Waals surface area contributed by atoms with Gasteiger partial charge in [0.25, 0.3) is 5.56 Å². The zero-order chi connectivity index (χ0) is 35.4. The van der Waals surface area contributed by atoms with E-state index >= 15 is 8.78 Å². The maximum Gasteiger partial charge on any atom is 0.412 e. The average Bonchev–Trinajstić information content (AvgIpc) is 3.44. The fourth-order valence-corrected chi connectivity index (χ4v) is 5.92. The molecule has 0 aliphatic carbocycles. The minimum atomic E-state index is -0.686. The summed E-state index contributed by atoms with van der Waals surface area (Å²) in [4.78, 5) is 33.9. The lowest BCUT2D eigenvalue weighted by molar-refractivity contribution is 0.0636. The first-order valence-corrected chi connectivity index (χ1v) is 16.4. The summed E-state index contributed by atoms with van der Waals surface area (Å²) in [5.74, 6) is -1.12. The molecule has 256 valence electrons. The van der Waals surface area contributed by atoms with Crippen LogP contribution in [0.3, 0.4) is 0 Å². The van der Waals surface area contributed by atoms with Crippen LogP contribution < -0.4 is 10.9 Å². The number of amides is 1. The van der Waals surface area contributed by atoms with Gasteiger partial charge in [-0.15, -0.1) is 0 Å². The van der Waals surface area contributed by atoms with Gasteiger partial charge in [0, 0.05) is 48.1 Å². The van der Waals surface area contributed by atoms with E-state index < -0.39 is 23.3 Å². The van der Waals surface area contributed by atoms with Gasteiger partial charge in [-0.2, -0.15) is 0 Å². The smallest absolute Gasteiger partial charge is 0.412 e. The second kappa shape index (κ2) is 14.5. The van der Waals surface area contributed by atoms with Crippen LogP contribution in [0.25, 0.3) is 17.0 Å². The Labute approximate surface area is 289 Å². The number of anilines is 1. The van der Waals surface area contributed by atoms with Gasteiger partial charge >= 0.3 is 6.09 Å². The van der Waals surface area contributed by atoms with Crippen molar-refractivity contribution in [3.63, 3.8) is 0 Å². The number of hydrogen-bond donors (Lipinski definition) is 1. The van der Waals surface area contributed by atoms with E-state index in [1.807, 2.05) is 79.8 Å². The van der Waals surface area contributed by atoms with Crippen LogP contribution in [-0.4, -0.2) is 37.6 Å². The second-order valence-electron chi connectivity index (χ2n) is 13.4. The molecular formula is C40H39F2N5O3. The monoisotopic (exact) mass is 675 g/mol. The van der Waals surface area contributed by atoms with E-state index in [9.17, 15) is 9.59 Å². The second-order valence-corrected chi connectivity index (χ2v) is 13.4. The maximum atomic E-state index is 15.0. The molecule has 2 heterocycles. The van der Waals surface area contributed by atoms with Crippen LogP contribution >= 0.6 is 0 Å². The molecule has 1 amide bonds. The van der Waals surface area contributed by atoms with Gasteiger partial charge in [0.2, 0.25) is 5.78 Å². The number of hydrogen-bond acceptors (Lipinski definition) is 5. The third kappa shape index (κ3) is 7.98. The Balaban J connectivity index is 1.50. The summed E-state index contributed by atoms with van der Waals surface area (Å²) < 4.78 is 38.6. The first kappa shape index (κ1) is 34.3. The van der Waals surface area contributed by atoms with E-state index in [4.69, 9.17) is 9.72 Å². The van der Waals surface area contributed by atoms with Gasteiger partial charge in [0.15, 0.2) is 0 Å². The number of ether oxygens (including phenoxy) is 1. The molecule has 0 unspecified atom stereocenters. The zero-order valence-corrected chi connectivity index (χ0v) is 28.5. The van der Waals surface area contributed by atoms with Crippen molar-refractivity contribution < 1.29 is 18.3 Å². The minimum absolute atomic E-state index is 0.131. The van der Waals surface area contributed by atoms with Crippen LogP contribution in [0.1, 0.15) is 48.7 Å². The highest BCUT2D eigenvalue weighted by Crippen LogP contribution is 2.28. The van der Waals surface area contributed by atoms with E-state index in [1.165, 1.54) is 18.2 Å². The zero-order valence-electron chi connectivity index (χ0n) is 28.5. The third-order valence-electron chi connectivity index (χ3n) is 8.15. The van der Waals surface area contributed by atoms with Gasteiger partial charge in [-0.05, 0) is 63.2 Å². The Morgan fingerprint density at radius 1 is 0.840 bits per heavy atom. The number of benzene rings is 4. The molecule has 10 heteroatoms. The number of nitrogens with one attached hydrogen (secondary N) is 1. The largest absolute Gasteiger partial charge is 0.444 e. The van der Waals surface area contributed by atoms with Gasteiger partial charge in [0.1, 0.15) is 17.2 Å². The number of carbonyl (C=O) groups is 1. The quantitative estimate of drug-likeness (QED) is 0.159. The summed E-state index contributed by atoms with van der Waals surface area (Å²) >= 11 is 0. The van der Waals surface area contributed by atoms with Crippen LogP contribution in [0.2, 0.25) is 0 Å². The molecule has 0 saturated heterocycles. The molecular weight excluding hydrogens is 636 g/mol. The predicted octanol–water partition coefficient (Wildman–Crippen LogP) is 8.06. The van der Waals surface area contributed by atoms with Gasteiger partial charge in [-0.25, -0.2) is 23.0 Å². The molecule has 6 rings (SSSR count). The summed E-state index contributed by atoms with van der Waals surface area (Å²) in [6.07, 6.45) is 1.39. The Hall–Kier alpha value is -5.61. The number of halogens is 2. The molecule has 6 aromatic rings. The summed E-state index contributed by atoms with van der Waals surface area (Å²) in [5, 5.41) is 2.74. The fraction of sp³-hybridized carbons (Fsp3) is 0.225. The fourth-order valence-electron chi connectivity index (χ4n) is 5.92. The van der Waals surface area contributed by atoms with Crippen molar-refractivity contribution in [3.8, 4) is 11.3 Å². The third-order valence-corrected chi connectivity index (χ3v) is 8.15. The lowest BCUT2D eigenvalue weighted by atomic mass is 10.1. The molecule has 8 nitrogen and oxygen atoms in total. The Kier molecular flexibility index (Phi) is 9.92. The molecule has 1 N–H and O–H groups in total. The van der Waals surface area contributed by atoms with E-state index in [2.05, 4.69) is 10.2 Å². The van der Waals surface area contributed by atoms with E-state index in [-0.39, 0.29) is 23.4 Å². The number of nitrogens with zero attached hydrogens (tertiary/aromatic N) is 4. The molecule has 0 bridgehead atoms. The van der Waals surface area contributed by atoms with Crippen LogP contribution in [0, 0.1) is 11.6 Å². The number of carbonyl (C=O) groups excluding carboxylic acids is 1. The normalized spacial score (nSPS) is 11.7. The Morgan fingerprint density at radius 3 is 2.08 bits per heavy atom. The highest BCUT2D eigenvalue weighted by molar-refractivity contribution is 5.85. The Bertz CT molecular complexity index is 2150. The first-order valence-electron chi connectivity index (χ1n) is 16.4. The van der Waals surface area contributed by atoms with Gasteiger partial charge in [0.05, 0.1) is 17.9 Å². The molecule has 4 aromatic carbocycles. The SMILES string of the molecule is CN(Cc1ccccc1)Cc1c(-c2ccc(NC(=O)OC(C)(C)C)cc2)nc2n(Cc3c(F)cccc3F)cc(Cc3ccccc3)c(=O)n12. The highest BCUT2D eigenvalue weighted by Gasteiger charge is 2.23. The van der Waals surface area contributed by atoms with Crippen LogP contribution in [-0.2, 0) is 30.8 Å². The van der Waals surface area contributed by atoms with Crippen molar-refractivity contribution >= 4 is 17.6 Å². The van der Waals surface area contributed by atoms with E-state index in [0.717, 1.165) is 11.1 Å². The van der Waals surface area contributed by atoms with Crippen molar-refractivity contribution in [1.29, 1.82) is 0 Å². The first-order chi connectivity index (χ1) is 23.9. The number of imidazole rings is 1. The molecule has 0 aliphatic heterocycles. The van der Waals surface area contributed by atoms with Crippen molar-refractivity contribution in [3.05, 3.63) is 159 Å². The minimum Gasteiger partial charge on any atom is -0.444 e. The number of aromatic nitrogens is 3. The molecule has 0 radical (unpaired) electrons. The predicted molar refractivity (Wildman–Crippen MR) is 191 cm³/mol. The van der Waals surface area contributed by atoms with Crippen molar-refractivity contribution in [2.24, 2.45) is 0 Å². The van der Waals surface area contributed by atoms with Gasteiger partial charge < -0.3 is 9.30 Å². The summed E-state index contributed by atoms with van der Waals surface area (Å²) in [6.45, 7) is 6.12. The highest BCUT2D eigenvalue weighted by atomic mass is 19.1. The average molecular weight is 676 g/mol. The van der Waals surface area contributed by atoms with Crippen LogP contribution in [0.15, 0.2) is 114 Å². The summed E-state index contributed by atoms with van der Waals surface area (Å²) in [6, 6.07) is 30.4. The molecule has 0 fully saturated rings. The lowest BCUT2D eigenvalue weighted by Gasteiger charge is -2.19. The molecule has 2 aromatic heterocycles. The summed E-state index contributed by atoms with van der Waals surface area (Å²) in [7, 11) is 1.96. The molecule has 0 aliphatic rings. The van der Waals surface area contributed by atoms with Gasteiger partial charge in [-0.3, -0.25) is 15.0 Å². The van der Waals surface area contributed by atoms with Crippen molar-refractivity contribution in [1.82, 2.24) is 18.9 Å². The van der Waals surface area contributed by atoms with E-state index in [0.29, 0.717) is 47.7 Å². The van der Waals surface area contributed by atoms with Crippen LogP contribution in [0.4, 0.5) is 19.3 Å². The van der Waals surface area contributed by atoms with Crippen LogP contribution in [0.5, 0.6) is 0 Å². The molecule has 0 saturated carbocycles. The van der Waals surface area contributed by atoms with Crippen molar-refractivity contribution in [2.75, 3.05) is 12.4 Å². The molecule has 0 atom stereocenters. The molecule has 50 heavy (non-hydrogen) atoms. The number of fused-ring (bicyclic) bond motifs is 1. The molecule has 0 spiro atoms. The number of rotatable bonds is 10. The Morgan fingerprint density at radius 2 is 1.46 bits per heavy atom. The maximum absolute atomic E-state index is 15.0. The topological polar surface area (TPSA) is 80.9 Å². The lowest BCUT2D eigenvalue weighted by Crippen LogP contribution is -2.27. The van der Waals surface area contributed by atoms with E-state index in [1.54, 1.807) is 48.1 Å². The van der Waals surface area contributed by atoms with Crippen molar-refractivity contribution in [2.45, 2.75) is 52.4 Å².